The second-order valence-electron chi connectivity index (χ2n) is 5.28. The van der Waals surface area contributed by atoms with Gasteiger partial charge >= 0.3 is 0 Å². The lowest BCUT2D eigenvalue weighted by atomic mass is 10.2. The van der Waals surface area contributed by atoms with Crippen molar-refractivity contribution in [1.82, 2.24) is 10.2 Å². The van der Waals surface area contributed by atoms with Crippen LogP contribution >= 0.6 is 0 Å². The number of nitrogens with zero attached hydrogens (tertiary/aromatic N) is 1. The van der Waals surface area contributed by atoms with Crippen molar-refractivity contribution in [2.45, 2.75) is 45.4 Å². The van der Waals surface area contributed by atoms with Gasteiger partial charge in [-0.15, -0.1) is 0 Å². The van der Waals surface area contributed by atoms with Gasteiger partial charge in [-0.25, -0.2) is 0 Å². The zero-order valence-electron chi connectivity index (χ0n) is 12.1. The Balaban J connectivity index is 1.68. The van der Waals surface area contributed by atoms with Gasteiger partial charge in [-0.3, -0.25) is 4.90 Å². The Morgan fingerprint density at radius 2 is 2.42 bits per heavy atom. The van der Waals surface area contributed by atoms with Crippen molar-refractivity contribution in [3.05, 3.63) is 24.2 Å². The van der Waals surface area contributed by atoms with Gasteiger partial charge in [0.05, 0.1) is 18.9 Å². The van der Waals surface area contributed by atoms with Gasteiger partial charge < -0.3 is 14.5 Å². The molecule has 0 radical (unpaired) electrons. The van der Waals surface area contributed by atoms with Crippen LogP contribution in [0.25, 0.3) is 0 Å². The van der Waals surface area contributed by atoms with E-state index in [0.29, 0.717) is 12.1 Å². The van der Waals surface area contributed by atoms with Crippen LogP contribution in [-0.4, -0.2) is 43.3 Å². The number of hydrogen-bond donors (Lipinski definition) is 1. The lowest BCUT2D eigenvalue weighted by molar-refractivity contribution is 0.106. The van der Waals surface area contributed by atoms with Crippen molar-refractivity contribution in [1.29, 1.82) is 0 Å². The van der Waals surface area contributed by atoms with Crippen LogP contribution in [0.4, 0.5) is 0 Å². The lowest BCUT2D eigenvalue weighted by Crippen LogP contribution is -2.41. The van der Waals surface area contributed by atoms with Gasteiger partial charge in [-0.05, 0) is 38.4 Å². The molecule has 0 saturated carbocycles. The Labute approximate surface area is 116 Å². The van der Waals surface area contributed by atoms with Gasteiger partial charge in [0, 0.05) is 25.7 Å². The molecule has 0 bridgehead atoms. The largest absolute Gasteiger partial charge is 0.468 e. The SMILES string of the molecule is CCN(Cc1ccco1)C(C)CNCC1CCCO1. The Bertz CT molecular complexity index is 334. The highest BCUT2D eigenvalue weighted by Gasteiger charge is 2.17. The van der Waals surface area contributed by atoms with E-state index in [0.717, 1.165) is 38.5 Å². The van der Waals surface area contributed by atoms with E-state index < -0.39 is 0 Å². The van der Waals surface area contributed by atoms with Crippen molar-refractivity contribution in [2.75, 3.05) is 26.2 Å². The van der Waals surface area contributed by atoms with Crippen molar-refractivity contribution in [2.24, 2.45) is 0 Å². The quantitative estimate of drug-likeness (QED) is 0.783. The molecule has 1 aromatic rings. The van der Waals surface area contributed by atoms with Crippen LogP contribution in [0.15, 0.2) is 22.8 Å². The molecule has 0 aliphatic carbocycles. The van der Waals surface area contributed by atoms with E-state index in [2.05, 4.69) is 24.1 Å². The van der Waals surface area contributed by atoms with Crippen LogP contribution in [0.2, 0.25) is 0 Å². The second-order valence-corrected chi connectivity index (χ2v) is 5.28. The van der Waals surface area contributed by atoms with E-state index >= 15 is 0 Å². The number of nitrogens with one attached hydrogen (secondary N) is 1. The van der Waals surface area contributed by atoms with Gasteiger partial charge in [-0.1, -0.05) is 6.92 Å². The number of hydrogen-bond acceptors (Lipinski definition) is 4. The van der Waals surface area contributed by atoms with Crippen molar-refractivity contribution in [3.8, 4) is 0 Å². The predicted octanol–water partition coefficient (Wildman–Crippen LogP) is 2.26. The zero-order chi connectivity index (χ0) is 13.5. The van der Waals surface area contributed by atoms with Crippen molar-refractivity contribution < 1.29 is 9.15 Å². The van der Waals surface area contributed by atoms with Crippen molar-refractivity contribution in [3.63, 3.8) is 0 Å². The molecule has 1 saturated heterocycles. The molecule has 0 spiro atoms. The summed E-state index contributed by atoms with van der Waals surface area (Å²) in [7, 11) is 0. The molecule has 2 atom stereocenters. The van der Waals surface area contributed by atoms with Gasteiger partial charge in [-0.2, -0.15) is 0 Å². The van der Waals surface area contributed by atoms with Crippen LogP contribution in [0.5, 0.6) is 0 Å². The Morgan fingerprint density at radius 1 is 1.53 bits per heavy atom. The maximum absolute atomic E-state index is 5.62. The smallest absolute Gasteiger partial charge is 0.117 e. The first-order valence-corrected chi connectivity index (χ1v) is 7.38. The number of ether oxygens (including phenoxy) is 1. The van der Waals surface area contributed by atoms with E-state index in [-0.39, 0.29) is 0 Å². The molecule has 2 heterocycles. The topological polar surface area (TPSA) is 37.6 Å². The summed E-state index contributed by atoms with van der Waals surface area (Å²) in [5, 5.41) is 3.52. The minimum atomic E-state index is 0.423. The summed E-state index contributed by atoms with van der Waals surface area (Å²) < 4.78 is 11.0. The third-order valence-electron chi connectivity index (χ3n) is 3.80. The highest BCUT2D eigenvalue weighted by Crippen LogP contribution is 2.11. The Kier molecular flexibility index (Phi) is 5.89. The van der Waals surface area contributed by atoms with Gasteiger partial charge in [0.1, 0.15) is 5.76 Å². The molecule has 1 aromatic heterocycles. The first-order valence-electron chi connectivity index (χ1n) is 7.38. The molecule has 1 aliphatic heterocycles. The van der Waals surface area contributed by atoms with E-state index in [1.807, 2.05) is 12.1 Å². The summed E-state index contributed by atoms with van der Waals surface area (Å²) in [6, 6.07) is 4.48. The first kappa shape index (κ1) is 14.6. The van der Waals surface area contributed by atoms with Crippen molar-refractivity contribution >= 4 is 0 Å². The standard InChI is InChI=1S/C15H26N2O2/c1-3-17(12-15-7-5-9-19-15)13(2)10-16-11-14-6-4-8-18-14/h5,7,9,13-14,16H,3-4,6,8,10-12H2,1-2H3. The molecule has 0 aromatic carbocycles. The van der Waals surface area contributed by atoms with Crippen LogP contribution in [0.3, 0.4) is 0 Å². The molecule has 1 N–H and O–H groups in total. The molecule has 1 fully saturated rings. The number of rotatable bonds is 8. The fraction of sp³-hybridized carbons (Fsp3) is 0.733. The average molecular weight is 266 g/mol. The number of likely N-dealkylation sites (N-methyl/N-ethyl adjacent to an activating group) is 1. The summed E-state index contributed by atoms with van der Waals surface area (Å²) >= 11 is 0. The minimum absolute atomic E-state index is 0.423. The molecule has 108 valence electrons. The second kappa shape index (κ2) is 7.68. The van der Waals surface area contributed by atoms with Gasteiger partial charge in [0.25, 0.3) is 0 Å². The summed E-state index contributed by atoms with van der Waals surface area (Å²) in [5.41, 5.74) is 0. The molecular weight excluding hydrogens is 240 g/mol. The molecule has 4 nitrogen and oxygen atoms in total. The molecule has 2 unspecified atom stereocenters. The summed E-state index contributed by atoms with van der Waals surface area (Å²) in [4.78, 5) is 2.42. The third-order valence-corrected chi connectivity index (χ3v) is 3.80. The van der Waals surface area contributed by atoms with E-state index in [4.69, 9.17) is 9.15 Å². The van der Waals surface area contributed by atoms with E-state index in [1.54, 1.807) is 6.26 Å². The number of furan rings is 1. The maximum atomic E-state index is 5.62. The zero-order valence-corrected chi connectivity index (χ0v) is 12.1. The van der Waals surface area contributed by atoms with Gasteiger partial charge in [0.2, 0.25) is 0 Å². The molecule has 2 rings (SSSR count). The Morgan fingerprint density at radius 3 is 3.05 bits per heavy atom. The fourth-order valence-corrected chi connectivity index (χ4v) is 2.57. The molecule has 0 amide bonds. The highest BCUT2D eigenvalue weighted by atomic mass is 16.5. The van der Waals surface area contributed by atoms with Crippen LogP contribution in [0.1, 0.15) is 32.4 Å². The summed E-state index contributed by atoms with van der Waals surface area (Å²) in [6.07, 6.45) is 4.57. The van der Waals surface area contributed by atoms with Crippen LogP contribution in [0, 0.1) is 0 Å². The first-order chi connectivity index (χ1) is 9.29. The molecule has 1 aliphatic rings. The monoisotopic (exact) mass is 266 g/mol. The minimum Gasteiger partial charge on any atom is -0.468 e. The summed E-state index contributed by atoms with van der Waals surface area (Å²) in [6.45, 7) is 9.27. The maximum Gasteiger partial charge on any atom is 0.117 e. The van der Waals surface area contributed by atoms with Gasteiger partial charge in [0.15, 0.2) is 0 Å². The Hall–Kier alpha value is -0.840. The lowest BCUT2D eigenvalue weighted by Gasteiger charge is -2.27. The highest BCUT2D eigenvalue weighted by molar-refractivity contribution is 4.98. The van der Waals surface area contributed by atoms with Crippen LogP contribution in [-0.2, 0) is 11.3 Å². The van der Waals surface area contributed by atoms with Crippen LogP contribution < -0.4 is 5.32 Å². The van der Waals surface area contributed by atoms with E-state index in [9.17, 15) is 0 Å². The molecule has 4 heteroatoms. The normalized spacial score (nSPS) is 21.1. The fourth-order valence-electron chi connectivity index (χ4n) is 2.57. The third kappa shape index (κ3) is 4.64. The predicted molar refractivity (Wildman–Crippen MR) is 76.1 cm³/mol. The molecule has 19 heavy (non-hydrogen) atoms. The average Bonchev–Trinajstić information content (AvgIpc) is 3.08. The van der Waals surface area contributed by atoms with E-state index in [1.165, 1.54) is 12.8 Å². The molecular formula is C15H26N2O2. The summed E-state index contributed by atoms with van der Waals surface area (Å²) in [5.74, 6) is 1.04.